The minimum atomic E-state index is -2.21. The number of allylic oxidation sites excluding steroid dienone is 4. The lowest BCUT2D eigenvalue weighted by Gasteiger charge is -2.20. The first kappa shape index (κ1) is 12.2. The smallest absolute Gasteiger partial charge is 0.218 e. The number of hydrogen-bond acceptors (Lipinski definition) is 1. The Hall–Kier alpha value is -1.29. The third-order valence-electron chi connectivity index (χ3n) is 2.48. The van der Waals surface area contributed by atoms with Crippen molar-refractivity contribution >= 4 is 21.7 Å². The molecule has 0 saturated heterocycles. The molecule has 0 saturated carbocycles. The topological polar surface area (TPSA) is 17.1 Å². The van der Waals surface area contributed by atoms with Crippen molar-refractivity contribution in [1.29, 1.82) is 0 Å². The van der Waals surface area contributed by atoms with Crippen LogP contribution in [0.5, 0.6) is 0 Å². The lowest BCUT2D eigenvalue weighted by Crippen LogP contribution is -2.27. The van der Waals surface area contributed by atoms with E-state index in [0.717, 1.165) is 12.2 Å². The molecule has 0 bridgehead atoms. The highest BCUT2D eigenvalue weighted by atomic mass is 79.9. The summed E-state index contributed by atoms with van der Waals surface area (Å²) >= 11 is 2.61. The second kappa shape index (κ2) is 4.53. The summed E-state index contributed by atoms with van der Waals surface area (Å²) in [6.45, 7) is 0. The van der Waals surface area contributed by atoms with E-state index in [2.05, 4.69) is 15.9 Å². The van der Waals surface area contributed by atoms with Gasteiger partial charge >= 0.3 is 0 Å². The molecule has 0 aliphatic heterocycles. The van der Waals surface area contributed by atoms with Crippen LogP contribution < -0.4 is 0 Å². The average molecular weight is 299 g/mol. The van der Waals surface area contributed by atoms with E-state index in [0.29, 0.717) is 5.56 Å². The average Bonchev–Trinajstić information content (AvgIpc) is 2.33. The van der Waals surface area contributed by atoms with Crippen molar-refractivity contribution in [3.63, 3.8) is 0 Å². The van der Waals surface area contributed by atoms with Gasteiger partial charge in [-0.25, -0.2) is 8.78 Å². The Balaban J connectivity index is 2.27. The van der Waals surface area contributed by atoms with Crippen molar-refractivity contribution in [3.05, 3.63) is 59.7 Å². The molecule has 1 nitrogen and oxygen atoms in total. The second-order valence-corrected chi connectivity index (χ2v) is 4.94. The van der Waals surface area contributed by atoms with Crippen molar-refractivity contribution in [2.45, 2.75) is 10.7 Å². The number of carbonyl (C=O) groups is 1. The summed E-state index contributed by atoms with van der Waals surface area (Å²) in [6.07, 6.45) is 1.42. The first-order valence-corrected chi connectivity index (χ1v) is 5.83. The molecule has 0 aromatic heterocycles. The van der Waals surface area contributed by atoms with Crippen molar-refractivity contribution in [2.75, 3.05) is 0 Å². The number of ketones is 1. The fourth-order valence-electron chi connectivity index (χ4n) is 1.52. The predicted octanol–water partition coefficient (Wildman–Crippen LogP) is 3.76. The molecule has 1 aliphatic carbocycles. The summed E-state index contributed by atoms with van der Waals surface area (Å²) in [7, 11) is 0. The molecule has 17 heavy (non-hydrogen) atoms. The lowest BCUT2D eigenvalue weighted by atomic mass is 9.97. The quantitative estimate of drug-likeness (QED) is 0.600. The summed E-state index contributed by atoms with van der Waals surface area (Å²) in [5, 5.41) is 0. The van der Waals surface area contributed by atoms with Gasteiger partial charge in [0.15, 0.2) is 12.0 Å². The van der Waals surface area contributed by atoms with Gasteiger partial charge in [0.25, 0.3) is 0 Å². The van der Waals surface area contributed by atoms with Crippen LogP contribution in [0.15, 0.2) is 54.1 Å². The normalized spacial score (nSPS) is 27.7. The maximum absolute atomic E-state index is 13.4. The van der Waals surface area contributed by atoms with Crippen LogP contribution in [0.25, 0.3) is 0 Å². The number of rotatable bonds is 2. The third kappa shape index (κ3) is 2.52. The van der Waals surface area contributed by atoms with E-state index in [4.69, 9.17) is 0 Å². The maximum Gasteiger partial charge on any atom is 0.218 e. The Labute approximate surface area is 106 Å². The van der Waals surface area contributed by atoms with Gasteiger partial charge in [-0.05, 0) is 28.1 Å². The van der Waals surface area contributed by atoms with Crippen LogP contribution in [0.3, 0.4) is 0 Å². The first-order chi connectivity index (χ1) is 8.00. The molecule has 4 heteroatoms. The highest BCUT2D eigenvalue weighted by molar-refractivity contribution is 9.10. The zero-order valence-electron chi connectivity index (χ0n) is 8.74. The maximum atomic E-state index is 13.4. The molecule has 0 fully saturated rings. The van der Waals surface area contributed by atoms with Crippen molar-refractivity contribution in [1.82, 2.24) is 0 Å². The monoisotopic (exact) mass is 298 g/mol. The Morgan fingerprint density at radius 3 is 2.53 bits per heavy atom. The number of benzene rings is 1. The minimum absolute atomic E-state index is 0.163. The number of alkyl halides is 3. The van der Waals surface area contributed by atoms with E-state index in [1.54, 1.807) is 30.3 Å². The molecule has 0 amide bonds. The zero-order chi connectivity index (χ0) is 12.5. The number of Topliss-reactive ketones (excluding diaryl/α,β-unsaturated/α-hetero) is 1. The number of hydrogen-bond donors (Lipinski definition) is 0. The van der Waals surface area contributed by atoms with Gasteiger partial charge in [-0.15, -0.1) is 0 Å². The predicted molar refractivity (Wildman–Crippen MR) is 65.7 cm³/mol. The Morgan fingerprint density at radius 2 is 1.94 bits per heavy atom. The molecule has 0 heterocycles. The summed E-state index contributed by atoms with van der Waals surface area (Å²) in [5.41, 5.74) is 0.618. The van der Waals surface area contributed by atoms with Crippen LogP contribution >= 0.6 is 15.9 Å². The summed E-state index contributed by atoms with van der Waals surface area (Å²) in [5.74, 6) is -0.312. The van der Waals surface area contributed by atoms with Gasteiger partial charge in [0, 0.05) is 11.1 Å². The molecule has 0 N–H and O–H groups in total. The number of carbonyl (C=O) groups excluding carboxylic acids is 1. The molecule has 1 aromatic carbocycles. The van der Waals surface area contributed by atoms with Crippen LogP contribution in [-0.4, -0.2) is 16.5 Å². The molecular formula is C13H9BrF2O. The van der Waals surface area contributed by atoms with E-state index < -0.39 is 10.7 Å². The molecule has 2 rings (SSSR count). The molecule has 1 aliphatic rings. The van der Waals surface area contributed by atoms with Crippen molar-refractivity contribution in [3.8, 4) is 0 Å². The standard InChI is InChI=1S/C13H9BrF2O/c14-13(16)7-6-10(8-11(13)15)12(17)9-4-2-1-3-5-9/h1-8,11H. The summed E-state index contributed by atoms with van der Waals surface area (Å²) in [6, 6.07) is 8.49. The van der Waals surface area contributed by atoms with E-state index in [9.17, 15) is 13.6 Å². The molecule has 1 aromatic rings. The van der Waals surface area contributed by atoms with Gasteiger partial charge in [0.2, 0.25) is 4.58 Å². The Morgan fingerprint density at radius 1 is 1.29 bits per heavy atom. The molecule has 2 atom stereocenters. The summed E-state index contributed by atoms with van der Waals surface area (Å²) < 4.78 is 24.6. The van der Waals surface area contributed by atoms with E-state index >= 15 is 0 Å². The van der Waals surface area contributed by atoms with Gasteiger partial charge in [0.05, 0.1) is 0 Å². The molecule has 2 unspecified atom stereocenters. The van der Waals surface area contributed by atoms with Gasteiger partial charge in [-0.2, -0.15) is 0 Å². The summed E-state index contributed by atoms with van der Waals surface area (Å²) in [4.78, 5) is 11.9. The first-order valence-electron chi connectivity index (χ1n) is 5.03. The van der Waals surface area contributed by atoms with Crippen LogP contribution in [0.2, 0.25) is 0 Å². The van der Waals surface area contributed by atoms with E-state index in [1.165, 1.54) is 6.08 Å². The van der Waals surface area contributed by atoms with E-state index in [1.807, 2.05) is 0 Å². The van der Waals surface area contributed by atoms with Gasteiger partial charge in [0.1, 0.15) is 0 Å². The molecule has 88 valence electrons. The highest BCUT2D eigenvalue weighted by Crippen LogP contribution is 2.34. The van der Waals surface area contributed by atoms with Crippen LogP contribution in [0.4, 0.5) is 8.78 Å². The third-order valence-corrected chi connectivity index (χ3v) is 3.18. The SMILES string of the molecule is O=C(C1=CC(F)C(F)(Br)C=C1)c1ccccc1. The van der Waals surface area contributed by atoms with Gasteiger partial charge in [-0.1, -0.05) is 36.4 Å². The largest absolute Gasteiger partial charge is 0.289 e. The highest BCUT2D eigenvalue weighted by Gasteiger charge is 2.36. The minimum Gasteiger partial charge on any atom is -0.289 e. The van der Waals surface area contributed by atoms with Crippen molar-refractivity contribution < 1.29 is 13.6 Å². The van der Waals surface area contributed by atoms with Gasteiger partial charge < -0.3 is 0 Å². The molecule has 0 radical (unpaired) electrons. The van der Waals surface area contributed by atoms with E-state index in [-0.39, 0.29) is 11.4 Å². The van der Waals surface area contributed by atoms with Crippen LogP contribution in [-0.2, 0) is 0 Å². The molecular weight excluding hydrogens is 290 g/mol. The fourth-order valence-corrected chi connectivity index (χ4v) is 1.79. The van der Waals surface area contributed by atoms with Gasteiger partial charge in [-0.3, -0.25) is 4.79 Å². The van der Waals surface area contributed by atoms with Crippen LogP contribution in [0, 0.1) is 0 Å². The number of halogens is 3. The lowest BCUT2D eigenvalue weighted by molar-refractivity contribution is 0.103. The fraction of sp³-hybridized carbons (Fsp3) is 0.154. The Bertz CT molecular complexity index is 491. The molecule has 0 spiro atoms. The van der Waals surface area contributed by atoms with Crippen LogP contribution in [0.1, 0.15) is 10.4 Å². The Kier molecular flexibility index (Phi) is 3.24. The van der Waals surface area contributed by atoms with Crippen molar-refractivity contribution in [2.24, 2.45) is 0 Å². The second-order valence-electron chi connectivity index (χ2n) is 3.73. The zero-order valence-corrected chi connectivity index (χ0v) is 10.3.